The molecule has 0 amide bonds. The van der Waals surface area contributed by atoms with Crippen molar-refractivity contribution in [3.8, 4) is 5.75 Å². The Morgan fingerprint density at radius 2 is 1.95 bits per heavy atom. The van der Waals surface area contributed by atoms with Gasteiger partial charge in [0.25, 0.3) is 0 Å². The Balaban J connectivity index is 3.29. The molecule has 1 rings (SSSR count). The van der Waals surface area contributed by atoms with Gasteiger partial charge in [0.1, 0.15) is 5.75 Å². The predicted octanol–water partition coefficient (Wildman–Crippen LogP) is 1.93. The highest BCUT2D eigenvalue weighted by Gasteiger charge is 2.36. The van der Waals surface area contributed by atoms with Gasteiger partial charge in [0.05, 0.1) is 18.4 Å². The Kier molecular flexibility index (Phi) is 4.72. The van der Waals surface area contributed by atoms with Gasteiger partial charge in [0.15, 0.2) is 5.25 Å². The molecule has 0 saturated heterocycles. The molecule has 0 heterocycles. The van der Waals surface area contributed by atoms with E-state index in [0.717, 1.165) is 26.2 Å². The van der Waals surface area contributed by atoms with Crippen LogP contribution in [0.25, 0.3) is 0 Å². The quantitative estimate of drug-likeness (QED) is 0.862. The van der Waals surface area contributed by atoms with Crippen LogP contribution in [0.2, 0.25) is 0 Å². The smallest absolute Gasteiger partial charge is 0.418 e. The lowest BCUT2D eigenvalue weighted by atomic mass is 10.1. The number of benzene rings is 1. The largest absolute Gasteiger partial charge is 0.497 e. The summed E-state index contributed by atoms with van der Waals surface area (Å²) < 4.78 is 68.3. The van der Waals surface area contributed by atoms with Crippen molar-refractivity contribution >= 4 is 21.7 Å². The van der Waals surface area contributed by atoms with Crippen LogP contribution in [0.1, 0.15) is 12.5 Å². The molecule has 0 spiro atoms. The minimum Gasteiger partial charge on any atom is -0.497 e. The van der Waals surface area contributed by atoms with Crippen LogP contribution in [0.3, 0.4) is 0 Å². The number of alkyl halides is 3. The van der Waals surface area contributed by atoms with E-state index in [4.69, 9.17) is 5.11 Å². The number of aliphatic carboxylic acids is 1. The Hall–Kier alpha value is -1.97. The summed E-state index contributed by atoms with van der Waals surface area (Å²) in [6.07, 6.45) is -4.83. The Morgan fingerprint density at radius 1 is 1.38 bits per heavy atom. The van der Waals surface area contributed by atoms with E-state index < -0.39 is 38.7 Å². The number of hydrogen-bond acceptors (Lipinski definition) is 4. The van der Waals surface area contributed by atoms with Gasteiger partial charge in [0, 0.05) is 0 Å². The molecule has 118 valence electrons. The second kappa shape index (κ2) is 5.80. The summed E-state index contributed by atoms with van der Waals surface area (Å²) in [5, 5.41) is 6.74. The van der Waals surface area contributed by atoms with Crippen molar-refractivity contribution in [3.63, 3.8) is 0 Å². The molecule has 1 aromatic carbocycles. The van der Waals surface area contributed by atoms with E-state index in [2.05, 4.69) is 4.74 Å². The predicted molar refractivity (Wildman–Crippen MR) is 67.6 cm³/mol. The second-order valence-electron chi connectivity index (χ2n) is 4.04. The normalized spacial score (nSPS) is 13.6. The van der Waals surface area contributed by atoms with Crippen LogP contribution in [0, 0.1) is 0 Å². The molecule has 0 aliphatic heterocycles. The molecule has 6 nitrogen and oxygen atoms in total. The first kappa shape index (κ1) is 17.1. The summed E-state index contributed by atoms with van der Waals surface area (Å²) in [6.45, 7) is 0.849. The van der Waals surface area contributed by atoms with E-state index in [1.807, 2.05) is 0 Å². The fourth-order valence-electron chi connectivity index (χ4n) is 1.35. The maximum absolute atomic E-state index is 12.9. The van der Waals surface area contributed by atoms with Crippen LogP contribution < -0.4 is 9.46 Å². The van der Waals surface area contributed by atoms with E-state index >= 15 is 0 Å². The van der Waals surface area contributed by atoms with E-state index in [0.29, 0.717) is 6.07 Å². The van der Waals surface area contributed by atoms with Crippen LogP contribution in [-0.2, 0) is 21.0 Å². The number of halogens is 3. The maximum atomic E-state index is 12.9. The number of rotatable bonds is 5. The van der Waals surface area contributed by atoms with E-state index in [1.54, 1.807) is 4.72 Å². The first-order valence-corrected chi connectivity index (χ1v) is 7.03. The zero-order valence-corrected chi connectivity index (χ0v) is 11.7. The van der Waals surface area contributed by atoms with Crippen molar-refractivity contribution in [2.45, 2.75) is 18.3 Å². The van der Waals surface area contributed by atoms with Crippen LogP contribution in [0.15, 0.2) is 18.2 Å². The van der Waals surface area contributed by atoms with Crippen molar-refractivity contribution in [1.82, 2.24) is 0 Å². The zero-order valence-electron chi connectivity index (χ0n) is 10.9. The third-order valence-corrected chi connectivity index (χ3v) is 4.23. The maximum Gasteiger partial charge on any atom is 0.418 e. The van der Waals surface area contributed by atoms with Crippen LogP contribution in [0.4, 0.5) is 18.9 Å². The lowest BCUT2D eigenvalue weighted by Gasteiger charge is -2.17. The van der Waals surface area contributed by atoms with E-state index in [1.165, 1.54) is 0 Å². The molecule has 1 unspecified atom stereocenters. The van der Waals surface area contributed by atoms with Crippen LogP contribution in [-0.4, -0.2) is 31.9 Å². The number of methoxy groups -OCH3 is 1. The summed E-state index contributed by atoms with van der Waals surface area (Å²) in [7, 11) is -3.35. The van der Waals surface area contributed by atoms with Gasteiger partial charge in [0.2, 0.25) is 10.0 Å². The van der Waals surface area contributed by atoms with Gasteiger partial charge < -0.3 is 9.84 Å². The first-order chi connectivity index (χ1) is 9.49. The number of carbonyl (C=O) groups is 1. The lowest BCUT2D eigenvalue weighted by molar-refractivity contribution is -0.137. The molecule has 0 aliphatic carbocycles. The highest BCUT2D eigenvalue weighted by molar-refractivity contribution is 7.94. The highest BCUT2D eigenvalue weighted by Crippen LogP contribution is 2.37. The van der Waals surface area contributed by atoms with E-state index in [-0.39, 0.29) is 5.75 Å². The van der Waals surface area contributed by atoms with Gasteiger partial charge in [-0.2, -0.15) is 13.2 Å². The van der Waals surface area contributed by atoms with Gasteiger partial charge in [-0.05, 0) is 25.1 Å². The molecular formula is C11H12F3NO5S. The SMILES string of the molecule is COc1ccc(NS(=O)(=O)C(C)C(=O)O)c(C(F)(F)F)c1. The molecule has 0 aliphatic rings. The van der Waals surface area contributed by atoms with Crippen LogP contribution in [0.5, 0.6) is 5.75 Å². The Labute approximate surface area is 118 Å². The van der Waals surface area contributed by atoms with Crippen LogP contribution >= 0.6 is 0 Å². The number of carboxylic acid groups (broad SMARTS) is 1. The molecule has 0 bridgehead atoms. The molecule has 1 aromatic rings. The molecule has 0 saturated carbocycles. The number of carboxylic acids is 1. The second-order valence-corrected chi connectivity index (χ2v) is 6.04. The van der Waals surface area contributed by atoms with Crippen molar-refractivity contribution in [3.05, 3.63) is 23.8 Å². The minimum atomic E-state index is -4.83. The summed E-state index contributed by atoms with van der Waals surface area (Å²) in [5.74, 6) is -1.79. The fourth-order valence-corrected chi connectivity index (χ4v) is 2.27. The minimum absolute atomic E-state index is 0.114. The van der Waals surface area contributed by atoms with Crippen molar-refractivity contribution in [1.29, 1.82) is 0 Å². The van der Waals surface area contributed by atoms with Gasteiger partial charge in [-0.3, -0.25) is 9.52 Å². The monoisotopic (exact) mass is 327 g/mol. The molecule has 10 heteroatoms. The lowest BCUT2D eigenvalue weighted by Crippen LogP contribution is -2.32. The molecule has 1 atom stereocenters. The van der Waals surface area contributed by atoms with Gasteiger partial charge in [-0.15, -0.1) is 0 Å². The standard InChI is InChI=1S/C11H12F3NO5S/c1-6(10(16)17)21(18,19)15-9-4-3-7(20-2)5-8(9)11(12,13)14/h3-6,15H,1-2H3,(H,16,17). The third kappa shape index (κ3) is 4.00. The number of hydrogen-bond donors (Lipinski definition) is 2. The fraction of sp³-hybridized carbons (Fsp3) is 0.364. The number of anilines is 1. The topological polar surface area (TPSA) is 92.7 Å². The van der Waals surface area contributed by atoms with Crippen molar-refractivity contribution in [2.24, 2.45) is 0 Å². The average Bonchev–Trinajstić information content (AvgIpc) is 2.36. The summed E-state index contributed by atoms with van der Waals surface area (Å²) in [4.78, 5) is 10.7. The summed E-state index contributed by atoms with van der Waals surface area (Å²) >= 11 is 0. The average molecular weight is 327 g/mol. The molecule has 2 N–H and O–H groups in total. The number of ether oxygens (including phenoxy) is 1. The molecule has 0 aromatic heterocycles. The van der Waals surface area contributed by atoms with Gasteiger partial charge in [-0.25, -0.2) is 8.42 Å². The first-order valence-electron chi connectivity index (χ1n) is 5.48. The van der Waals surface area contributed by atoms with Gasteiger partial charge >= 0.3 is 12.1 Å². The van der Waals surface area contributed by atoms with Gasteiger partial charge in [-0.1, -0.05) is 0 Å². The molecular weight excluding hydrogens is 315 g/mol. The van der Waals surface area contributed by atoms with Crippen molar-refractivity contribution < 1.29 is 36.2 Å². The molecule has 21 heavy (non-hydrogen) atoms. The summed E-state index contributed by atoms with van der Waals surface area (Å²) in [5.41, 5.74) is -2.04. The van der Waals surface area contributed by atoms with E-state index in [9.17, 15) is 26.4 Å². The zero-order chi connectivity index (χ0) is 16.4. The highest BCUT2D eigenvalue weighted by atomic mass is 32.2. The molecule has 0 radical (unpaired) electrons. The third-order valence-electron chi connectivity index (χ3n) is 2.60. The molecule has 0 fully saturated rings. The number of sulfonamides is 1. The van der Waals surface area contributed by atoms with Crippen molar-refractivity contribution in [2.75, 3.05) is 11.8 Å². The number of nitrogens with one attached hydrogen (secondary N) is 1. The Morgan fingerprint density at radius 3 is 2.38 bits per heavy atom. The summed E-state index contributed by atoms with van der Waals surface area (Å²) in [6, 6.07) is 2.59. The Bertz CT molecular complexity index is 642.